The Morgan fingerprint density at radius 3 is 2.61 bits per heavy atom. The zero-order valence-corrected chi connectivity index (χ0v) is 11.8. The lowest BCUT2D eigenvalue weighted by Gasteiger charge is -2.19. The van der Waals surface area contributed by atoms with E-state index in [-0.39, 0.29) is 11.1 Å². The molecule has 0 unspecified atom stereocenters. The van der Waals surface area contributed by atoms with Crippen LogP contribution in [0.2, 0.25) is 0 Å². The van der Waals surface area contributed by atoms with Crippen molar-refractivity contribution < 1.29 is 23.1 Å². The molecule has 0 aromatic heterocycles. The van der Waals surface area contributed by atoms with E-state index in [1.807, 2.05) is 6.07 Å². The molecule has 2 N–H and O–H groups in total. The number of benzene rings is 2. The summed E-state index contributed by atoms with van der Waals surface area (Å²) >= 11 is 0. The third-order valence-corrected chi connectivity index (χ3v) is 3.74. The summed E-state index contributed by atoms with van der Waals surface area (Å²) in [7, 11) is 0. The van der Waals surface area contributed by atoms with Crippen molar-refractivity contribution in [2.75, 3.05) is 0 Å². The molecule has 0 saturated carbocycles. The molecular formula is C17H12F3NO2. The van der Waals surface area contributed by atoms with Crippen LogP contribution in [-0.2, 0) is 12.7 Å². The maximum Gasteiger partial charge on any atom is 0.416 e. The van der Waals surface area contributed by atoms with Crippen LogP contribution in [0.4, 0.5) is 13.2 Å². The van der Waals surface area contributed by atoms with Crippen LogP contribution in [-0.4, -0.2) is 11.1 Å². The third-order valence-electron chi connectivity index (χ3n) is 3.74. The molecule has 23 heavy (non-hydrogen) atoms. The highest BCUT2D eigenvalue weighted by molar-refractivity contribution is 5.97. The van der Waals surface area contributed by atoms with Crippen LogP contribution in [0, 0.1) is 0 Å². The van der Waals surface area contributed by atoms with Crippen LogP contribution in [0.3, 0.4) is 0 Å². The first-order valence-electron chi connectivity index (χ1n) is 6.84. The summed E-state index contributed by atoms with van der Waals surface area (Å²) in [5.74, 6) is -1.26. The lowest BCUT2D eigenvalue weighted by atomic mass is 9.90. The number of carbonyl (C=O) groups is 1. The number of hydrogen-bond acceptors (Lipinski definition) is 2. The second kappa shape index (κ2) is 5.46. The molecule has 3 nitrogen and oxygen atoms in total. The van der Waals surface area contributed by atoms with Crippen molar-refractivity contribution in [3.05, 3.63) is 64.9 Å². The second-order valence-electron chi connectivity index (χ2n) is 5.15. The minimum atomic E-state index is -4.53. The van der Waals surface area contributed by atoms with Gasteiger partial charge in [-0.15, -0.1) is 0 Å². The molecule has 0 radical (unpaired) electrons. The van der Waals surface area contributed by atoms with Crippen molar-refractivity contribution in [2.24, 2.45) is 0 Å². The van der Waals surface area contributed by atoms with Gasteiger partial charge < -0.3 is 10.4 Å². The fourth-order valence-corrected chi connectivity index (χ4v) is 2.65. The molecular weight excluding hydrogens is 307 g/mol. The molecule has 0 fully saturated rings. The second-order valence-corrected chi connectivity index (χ2v) is 5.15. The largest absolute Gasteiger partial charge is 0.478 e. The average molecular weight is 319 g/mol. The molecule has 6 heteroatoms. The van der Waals surface area contributed by atoms with Crippen LogP contribution >= 0.6 is 0 Å². The average Bonchev–Trinajstić information content (AvgIpc) is 2.53. The van der Waals surface area contributed by atoms with Crippen molar-refractivity contribution in [1.29, 1.82) is 0 Å². The molecule has 0 aliphatic carbocycles. The minimum absolute atomic E-state index is 0.0706. The fraction of sp³-hybridized carbons (Fsp3) is 0.118. The Morgan fingerprint density at radius 1 is 1.13 bits per heavy atom. The molecule has 0 bridgehead atoms. The summed E-state index contributed by atoms with van der Waals surface area (Å²) in [6.45, 7) is 0.428. The molecule has 0 spiro atoms. The molecule has 1 aliphatic heterocycles. The van der Waals surface area contributed by atoms with Gasteiger partial charge >= 0.3 is 12.1 Å². The van der Waals surface area contributed by atoms with E-state index >= 15 is 0 Å². The molecule has 3 rings (SSSR count). The molecule has 1 aliphatic rings. The van der Waals surface area contributed by atoms with Crippen LogP contribution < -0.4 is 5.32 Å². The quantitative estimate of drug-likeness (QED) is 0.874. The highest BCUT2D eigenvalue weighted by Crippen LogP contribution is 2.36. The van der Waals surface area contributed by atoms with E-state index in [0.717, 1.165) is 29.3 Å². The van der Waals surface area contributed by atoms with E-state index in [1.54, 1.807) is 24.4 Å². The van der Waals surface area contributed by atoms with E-state index < -0.39 is 17.7 Å². The Bertz CT molecular complexity index is 810. The maximum absolute atomic E-state index is 13.0. The zero-order valence-electron chi connectivity index (χ0n) is 11.8. The number of rotatable bonds is 2. The third kappa shape index (κ3) is 2.79. The summed E-state index contributed by atoms with van der Waals surface area (Å²) in [6.07, 6.45) is -0.981. The zero-order chi connectivity index (χ0) is 16.6. The predicted molar refractivity (Wildman–Crippen MR) is 79.7 cm³/mol. The fourth-order valence-electron chi connectivity index (χ4n) is 2.65. The number of carboxylic acid groups (broad SMARTS) is 1. The Morgan fingerprint density at radius 2 is 1.91 bits per heavy atom. The number of fused-ring (bicyclic) bond motifs is 1. The summed E-state index contributed by atoms with van der Waals surface area (Å²) in [4.78, 5) is 11.4. The Hall–Kier alpha value is -2.76. The Kier molecular flexibility index (Phi) is 3.60. The van der Waals surface area contributed by atoms with E-state index in [1.165, 1.54) is 0 Å². The number of aromatic carboxylic acids is 1. The molecule has 2 aromatic carbocycles. The van der Waals surface area contributed by atoms with Crippen LogP contribution in [0.5, 0.6) is 0 Å². The van der Waals surface area contributed by atoms with Gasteiger partial charge in [-0.25, -0.2) is 4.79 Å². The van der Waals surface area contributed by atoms with Crippen LogP contribution in [0.1, 0.15) is 27.0 Å². The van der Waals surface area contributed by atoms with Gasteiger partial charge in [-0.1, -0.05) is 18.2 Å². The van der Waals surface area contributed by atoms with Gasteiger partial charge in [-0.05, 0) is 52.7 Å². The monoisotopic (exact) mass is 319 g/mol. The summed E-state index contributed by atoms with van der Waals surface area (Å²) in [5.41, 5.74) is 1.17. The van der Waals surface area contributed by atoms with Gasteiger partial charge in [0, 0.05) is 6.54 Å². The number of nitrogens with one attached hydrogen (secondary N) is 1. The van der Waals surface area contributed by atoms with Crippen molar-refractivity contribution in [1.82, 2.24) is 5.32 Å². The Balaban J connectivity index is 2.26. The first-order chi connectivity index (χ1) is 10.9. The van der Waals surface area contributed by atoms with Gasteiger partial charge in [0.1, 0.15) is 0 Å². The number of alkyl halides is 3. The smallest absolute Gasteiger partial charge is 0.416 e. The summed E-state index contributed by atoms with van der Waals surface area (Å²) in [5, 5.41) is 12.3. The molecule has 1 heterocycles. The highest BCUT2D eigenvalue weighted by Gasteiger charge is 2.32. The summed E-state index contributed by atoms with van der Waals surface area (Å²) in [6, 6.07) is 7.88. The number of hydrogen-bond donors (Lipinski definition) is 2. The molecule has 0 saturated heterocycles. The van der Waals surface area contributed by atoms with Gasteiger partial charge in [0.2, 0.25) is 0 Å². The molecule has 0 atom stereocenters. The van der Waals surface area contributed by atoms with E-state index in [9.17, 15) is 23.1 Å². The topological polar surface area (TPSA) is 49.3 Å². The van der Waals surface area contributed by atoms with E-state index in [0.29, 0.717) is 12.1 Å². The lowest BCUT2D eigenvalue weighted by molar-refractivity contribution is -0.137. The van der Waals surface area contributed by atoms with Crippen molar-refractivity contribution in [2.45, 2.75) is 12.7 Å². The van der Waals surface area contributed by atoms with Gasteiger partial charge in [0.15, 0.2) is 0 Å². The standard InChI is InChI=1S/C17H12F3NO2/c18-17(19,20)11-4-5-13(16(22)23)14(8-11)12-3-1-2-10-6-7-21-9-15(10)12/h1-8,21H,9H2,(H,22,23). The normalized spacial score (nSPS) is 13.3. The molecule has 118 valence electrons. The van der Waals surface area contributed by atoms with E-state index in [2.05, 4.69) is 5.32 Å². The number of carboxylic acids is 1. The van der Waals surface area contributed by atoms with Crippen molar-refractivity contribution >= 4 is 12.0 Å². The first-order valence-corrected chi connectivity index (χ1v) is 6.84. The highest BCUT2D eigenvalue weighted by atomic mass is 19.4. The summed E-state index contributed by atoms with van der Waals surface area (Å²) < 4.78 is 39.0. The lowest BCUT2D eigenvalue weighted by Crippen LogP contribution is -2.13. The first kappa shape index (κ1) is 15.1. The van der Waals surface area contributed by atoms with E-state index in [4.69, 9.17) is 0 Å². The molecule has 2 aromatic rings. The van der Waals surface area contributed by atoms with Gasteiger partial charge in [-0.3, -0.25) is 0 Å². The Labute approximate surface area is 130 Å². The van der Waals surface area contributed by atoms with Gasteiger partial charge in [0.25, 0.3) is 0 Å². The van der Waals surface area contributed by atoms with Gasteiger partial charge in [-0.2, -0.15) is 13.2 Å². The van der Waals surface area contributed by atoms with Crippen molar-refractivity contribution in [3.63, 3.8) is 0 Å². The van der Waals surface area contributed by atoms with Crippen LogP contribution in [0.15, 0.2) is 42.6 Å². The van der Waals surface area contributed by atoms with Crippen molar-refractivity contribution in [3.8, 4) is 11.1 Å². The minimum Gasteiger partial charge on any atom is -0.478 e. The SMILES string of the molecule is O=C(O)c1ccc(C(F)(F)F)cc1-c1cccc2c1CNC=C2. The van der Waals surface area contributed by atoms with Gasteiger partial charge in [0.05, 0.1) is 11.1 Å². The molecule has 0 amide bonds. The predicted octanol–water partition coefficient (Wildman–Crippen LogP) is 4.14. The van der Waals surface area contributed by atoms with Crippen LogP contribution in [0.25, 0.3) is 17.2 Å². The number of halogens is 3. The maximum atomic E-state index is 13.0.